The molecule has 7 heteroatoms. The topological polar surface area (TPSA) is 83.9 Å². The first kappa shape index (κ1) is 16.4. The normalized spacial score (nSPS) is 23.5. The van der Waals surface area contributed by atoms with Crippen LogP contribution < -0.4 is 0 Å². The van der Waals surface area contributed by atoms with Crippen molar-refractivity contribution in [3.8, 4) is 0 Å². The van der Waals surface area contributed by atoms with E-state index >= 15 is 0 Å². The average Bonchev–Trinajstić information content (AvgIpc) is 2.28. The van der Waals surface area contributed by atoms with Crippen LogP contribution in [0, 0.1) is 0 Å². The molecule has 0 amide bonds. The Morgan fingerprint density at radius 1 is 1.47 bits per heavy atom. The zero-order chi connectivity index (χ0) is 14.6. The number of aliphatic carboxylic acids is 1. The SMILES string of the molecule is CCC(C(=O)O)S(=O)(=O)CC1CN(C(C)C)CCO1. The number of sulfone groups is 1. The summed E-state index contributed by atoms with van der Waals surface area (Å²) in [6.07, 6.45) is -0.354. The lowest BCUT2D eigenvalue weighted by atomic mass is 10.2. The van der Waals surface area contributed by atoms with E-state index in [9.17, 15) is 13.2 Å². The smallest absolute Gasteiger partial charge is 0.321 e. The first-order valence-corrected chi connectivity index (χ1v) is 8.29. The van der Waals surface area contributed by atoms with Crippen LogP contribution in [0.2, 0.25) is 0 Å². The van der Waals surface area contributed by atoms with Crippen LogP contribution in [0.1, 0.15) is 27.2 Å². The maximum atomic E-state index is 12.1. The molecule has 0 aromatic carbocycles. The summed E-state index contributed by atoms with van der Waals surface area (Å²) in [5, 5.41) is 7.62. The molecule has 0 bridgehead atoms. The van der Waals surface area contributed by atoms with Gasteiger partial charge >= 0.3 is 5.97 Å². The third-order valence-corrected chi connectivity index (χ3v) is 5.64. The summed E-state index contributed by atoms with van der Waals surface area (Å²) < 4.78 is 29.6. The number of carboxylic acids is 1. The number of hydrogen-bond acceptors (Lipinski definition) is 5. The highest BCUT2D eigenvalue weighted by Crippen LogP contribution is 2.15. The van der Waals surface area contributed by atoms with Crippen LogP contribution in [0.15, 0.2) is 0 Å². The van der Waals surface area contributed by atoms with Crippen molar-refractivity contribution in [2.45, 2.75) is 44.6 Å². The van der Waals surface area contributed by atoms with E-state index in [1.165, 1.54) is 0 Å². The molecule has 0 spiro atoms. The third kappa shape index (κ3) is 4.43. The van der Waals surface area contributed by atoms with Crippen molar-refractivity contribution < 1.29 is 23.1 Å². The van der Waals surface area contributed by atoms with Crippen molar-refractivity contribution in [2.75, 3.05) is 25.4 Å². The molecule has 19 heavy (non-hydrogen) atoms. The number of hydrogen-bond donors (Lipinski definition) is 1. The maximum Gasteiger partial charge on any atom is 0.321 e. The van der Waals surface area contributed by atoms with E-state index < -0.39 is 27.2 Å². The molecule has 2 atom stereocenters. The molecule has 0 radical (unpaired) electrons. The zero-order valence-electron chi connectivity index (χ0n) is 11.7. The van der Waals surface area contributed by atoms with E-state index in [0.717, 1.165) is 6.54 Å². The van der Waals surface area contributed by atoms with Gasteiger partial charge in [-0.25, -0.2) is 8.42 Å². The van der Waals surface area contributed by atoms with Crippen LogP contribution in [0.4, 0.5) is 0 Å². The van der Waals surface area contributed by atoms with Crippen molar-refractivity contribution >= 4 is 15.8 Å². The first-order chi connectivity index (χ1) is 8.77. The fourth-order valence-electron chi connectivity index (χ4n) is 2.27. The molecule has 0 aromatic heterocycles. The molecule has 112 valence electrons. The number of carboxylic acid groups (broad SMARTS) is 1. The van der Waals surface area contributed by atoms with Crippen molar-refractivity contribution in [3.63, 3.8) is 0 Å². The largest absolute Gasteiger partial charge is 0.480 e. The van der Waals surface area contributed by atoms with Gasteiger partial charge in [-0.05, 0) is 20.3 Å². The number of nitrogens with zero attached hydrogens (tertiary/aromatic N) is 1. The van der Waals surface area contributed by atoms with E-state index in [0.29, 0.717) is 19.2 Å². The monoisotopic (exact) mass is 293 g/mol. The molecule has 1 heterocycles. The minimum absolute atomic E-state index is 0.0816. The Hall–Kier alpha value is -0.660. The van der Waals surface area contributed by atoms with E-state index in [2.05, 4.69) is 4.90 Å². The molecular formula is C12H23NO5S. The molecule has 2 unspecified atom stereocenters. The van der Waals surface area contributed by atoms with E-state index in [-0.39, 0.29) is 12.2 Å². The molecular weight excluding hydrogens is 270 g/mol. The standard InChI is InChI=1S/C12H23NO5S/c1-4-11(12(14)15)19(16,17)8-10-7-13(9(2)3)5-6-18-10/h9-11H,4-8H2,1-3H3,(H,14,15). The lowest BCUT2D eigenvalue weighted by Gasteiger charge is -2.35. The summed E-state index contributed by atoms with van der Waals surface area (Å²) in [6.45, 7) is 7.46. The summed E-state index contributed by atoms with van der Waals surface area (Å²) in [7, 11) is -3.67. The summed E-state index contributed by atoms with van der Waals surface area (Å²) in [5.74, 6) is -1.50. The van der Waals surface area contributed by atoms with Gasteiger partial charge in [-0.1, -0.05) is 6.92 Å². The van der Waals surface area contributed by atoms with Gasteiger partial charge in [-0.2, -0.15) is 0 Å². The second-order valence-corrected chi connectivity index (χ2v) is 7.37. The summed E-state index contributed by atoms with van der Waals surface area (Å²) >= 11 is 0. The second-order valence-electron chi connectivity index (χ2n) is 5.15. The Kier molecular flexibility index (Phi) is 5.76. The average molecular weight is 293 g/mol. The lowest BCUT2D eigenvalue weighted by Crippen LogP contribution is -2.49. The quantitative estimate of drug-likeness (QED) is 0.762. The van der Waals surface area contributed by atoms with E-state index in [1.54, 1.807) is 6.92 Å². The first-order valence-electron chi connectivity index (χ1n) is 6.58. The highest BCUT2D eigenvalue weighted by Gasteiger charge is 2.35. The number of ether oxygens (including phenoxy) is 1. The molecule has 6 nitrogen and oxygen atoms in total. The van der Waals surface area contributed by atoms with Crippen molar-refractivity contribution in [1.82, 2.24) is 4.90 Å². The summed E-state index contributed by atoms with van der Waals surface area (Å²) in [4.78, 5) is 13.1. The summed E-state index contributed by atoms with van der Waals surface area (Å²) in [5.41, 5.74) is 0. The Morgan fingerprint density at radius 2 is 2.11 bits per heavy atom. The fourth-order valence-corrected chi connectivity index (χ4v) is 4.04. The van der Waals surface area contributed by atoms with E-state index in [1.807, 2.05) is 13.8 Å². The lowest BCUT2D eigenvalue weighted by molar-refractivity contribution is -0.136. The minimum atomic E-state index is -3.67. The van der Waals surface area contributed by atoms with E-state index in [4.69, 9.17) is 9.84 Å². The third-order valence-electron chi connectivity index (χ3n) is 3.40. The molecule has 0 aliphatic carbocycles. The predicted molar refractivity (Wildman–Crippen MR) is 72.0 cm³/mol. The number of morpholine rings is 1. The van der Waals surface area contributed by atoms with Gasteiger partial charge in [0.05, 0.1) is 18.5 Å². The van der Waals surface area contributed by atoms with Gasteiger partial charge in [-0.15, -0.1) is 0 Å². The van der Waals surface area contributed by atoms with Gasteiger partial charge in [0, 0.05) is 19.1 Å². The fraction of sp³-hybridized carbons (Fsp3) is 0.917. The number of carbonyl (C=O) groups is 1. The minimum Gasteiger partial charge on any atom is -0.480 e. The molecule has 1 aliphatic heterocycles. The van der Waals surface area contributed by atoms with Gasteiger partial charge in [0.15, 0.2) is 15.1 Å². The Balaban J connectivity index is 2.70. The van der Waals surface area contributed by atoms with Crippen LogP contribution in [0.3, 0.4) is 0 Å². The maximum absolute atomic E-state index is 12.1. The highest BCUT2D eigenvalue weighted by atomic mass is 32.2. The summed E-state index contributed by atoms with van der Waals surface area (Å²) in [6, 6.07) is 0.329. The van der Waals surface area contributed by atoms with Crippen LogP contribution in [0.5, 0.6) is 0 Å². The van der Waals surface area contributed by atoms with Gasteiger partial charge < -0.3 is 9.84 Å². The zero-order valence-corrected chi connectivity index (χ0v) is 12.5. The Labute approximate surface area is 114 Å². The van der Waals surface area contributed by atoms with Gasteiger partial charge in [0.2, 0.25) is 0 Å². The van der Waals surface area contributed by atoms with Crippen LogP contribution >= 0.6 is 0 Å². The molecule has 1 saturated heterocycles. The molecule has 1 aliphatic rings. The van der Waals surface area contributed by atoms with Crippen molar-refractivity contribution in [2.24, 2.45) is 0 Å². The Bertz CT molecular complexity index is 406. The van der Waals surface area contributed by atoms with Crippen LogP contribution in [-0.2, 0) is 19.4 Å². The van der Waals surface area contributed by atoms with Gasteiger partial charge in [0.1, 0.15) is 0 Å². The molecule has 1 rings (SSSR count). The van der Waals surface area contributed by atoms with Gasteiger partial charge in [0.25, 0.3) is 0 Å². The highest BCUT2D eigenvalue weighted by molar-refractivity contribution is 7.92. The molecule has 1 fully saturated rings. The predicted octanol–water partition coefficient (Wildman–Crippen LogP) is 0.374. The van der Waals surface area contributed by atoms with Crippen LogP contribution in [0.25, 0.3) is 0 Å². The molecule has 1 N–H and O–H groups in total. The number of rotatable bonds is 6. The Morgan fingerprint density at radius 3 is 2.58 bits per heavy atom. The van der Waals surface area contributed by atoms with Crippen LogP contribution in [-0.4, -0.2) is 67.2 Å². The molecule has 0 saturated carbocycles. The second kappa shape index (κ2) is 6.67. The molecule has 0 aromatic rings. The van der Waals surface area contributed by atoms with Crippen molar-refractivity contribution in [3.05, 3.63) is 0 Å². The van der Waals surface area contributed by atoms with Gasteiger partial charge in [-0.3, -0.25) is 9.69 Å². The van der Waals surface area contributed by atoms with Crippen molar-refractivity contribution in [1.29, 1.82) is 0 Å².